The van der Waals surface area contributed by atoms with E-state index in [2.05, 4.69) is 16.9 Å². The highest BCUT2D eigenvalue weighted by Gasteiger charge is 2.08. The van der Waals surface area contributed by atoms with Crippen LogP contribution in [0.15, 0.2) is 23.0 Å². The Labute approximate surface area is 130 Å². The third-order valence-corrected chi connectivity index (χ3v) is 3.72. The van der Waals surface area contributed by atoms with Crippen LogP contribution in [0.5, 0.6) is 5.75 Å². The van der Waals surface area contributed by atoms with E-state index in [4.69, 9.17) is 9.84 Å². The molecule has 0 spiro atoms. The molecule has 0 aliphatic carbocycles. The first-order valence-corrected chi connectivity index (χ1v) is 7.41. The second-order valence-electron chi connectivity index (χ2n) is 5.39. The summed E-state index contributed by atoms with van der Waals surface area (Å²) in [6, 6.07) is 5.97. The minimum absolute atomic E-state index is 0.0547. The predicted octanol–water partition coefficient (Wildman–Crippen LogP) is 1.85. The van der Waals surface area contributed by atoms with E-state index in [1.54, 1.807) is 6.92 Å². The summed E-state index contributed by atoms with van der Waals surface area (Å²) in [4.78, 5) is 19.0. The Morgan fingerprint density at radius 1 is 1.18 bits per heavy atom. The van der Waals surface area contributed by atoms with E-state index in [1.807, 2.05) is 25.1 Å². The number of aliphatic hydroxyl groups excluding tert-OH is 1. The molecular weight excluding hydrogens is 280 g/mol. The second kappa shape index (κ2) is 7.22. The number of aromatic nitrogens is 2. The smallest absolute Gasteiger partial charge is 0.254 e. The van der Waals surface area contributed by atoms with Crippen LogP contribution in [0.3, 0.4) is 0 Å². The number of H-pyrrole nitrogens is 1. The van der Waals surface area contributed by atoms with Crippen molar-refractivity contribution in [3.63, 3.8) is 0 Å². The Morgan fingerprint density at radius 3 is 2.59 bits per heavy atom. The number of nitrogens with zero attached hydrogens (tertiary/aromatic N) is 1. The first kappa shape index (κ1) is 16.2. The molecule has 0 aliphatic heterocycles. The van der Waals surface area contributed by atoms with E-state index in [-0.39, 0.29) is 12.2 Å². The monoisotopic (exact) mass is 302 g/mol. The molecule has 22 heavy (non-hydrogen) atoms. The van der Waals surface area contributed by atoms with Crippen molar-refractivity contribution in [3.8, 4) is 5.75 Å². The number of nitrogens with one attached hydrogen (secondary N) is 1. The molecule has 0 unspecified atom stereocenters. The zero-order chi connectivity index (χ0) is 16.1. The van der Waals surface area contributed by atoms with Gasteiger partial charge >= 0.3 is 0 Å². The average molecular weight is 302 g/mol. The lowest BCUT2D eigenvalue weighted by molar-refractivity contribution is 0.298. The molecular formula is C17H22N2O3. The molecule has 0 amide bonds. The molecule has 5 nitrogen and oxygen atoms in total. The Bertz CT molecular complexity index is 708. The maximum absolute atomic E-state index is 11.9. The molecule has 2 N–H and O–H groups in total. The molecule has 118 valence electrons. The molecule has 0 atom stereocenters. The highest BCUT2D eigenvalue weighted by Crippen LogP contribution is 2.16. The van der Waals surface area contributed by atoms with Crippen molar-refractivity contribution in [3.05, 3.63) is 56.8 Å². The molecule has 1 heterocycles. The van der Waals surface area contributed by atoms with E-state index < -0.39 is 0 Å². The number of aryl methyl sites for hydroxylation is 3. The number of hydrogen-bond acceptors (Lipinski definition) is 4. The Morgan fingerprint density at radius 2 is 1.95 bits per heavy atom. The number of hydrogen-bond donors (Lipinski definition) is 2. The van der Waals surface area contributed by atoms with Gasteiger partial charge in [0.05, 0.1) is 6.61 Å². The van der Waals surface area contributed by atoms with Gasteiger partial charge in [-0.2, -0.15) is 0 Å². The minimum Gasteiger partial charge on any atom is -0.493 e. The van der Waals surface area contributed by atoms with Gasteiger partial charge in [0.15, 0.2) is 0 Å². The number of aliphatic hydroxyl groups is 1. The molecule has 2 rings (SSSR count). The van der Waals surface area contributed by atoms with Crippen molar-refractivity contribution in [2.45, 2.75) is 33.6 Å². The third kappa shape index (κ3) is 3.95. The van der Waals surface area contributed by atoms with Gasteiger partial charge in [0.25, 0.3) is 5.56 Å². The third-order valence-electron chi connectivity index (χ3n) is 3.72. The summed E-state index contributed by atoms with van der Waals surface area (Å²) in [5, 5.41) is 8.95. The molecule has 1 aromatic heterocycles. The summed E-state index contributed by atoms with van der Waals surface area (Å²) in [6.45, 7) is 6.29. The van der Waals surface area contributed by atoms with Crippen LogP contribution < -0.4 is 10.3 Å². The van der Waals surface area contributed by atoms with Crippen LogP contribution in [0.2, 0.25) is 0 Å². The van der Waals surface area contributed by atoms with Crippen molar-refractivity contribution in [2.24, 2.45) is 0 Å². The molecule has 2 aromatic rings. The Balaban J connectivity index is 2.00. The quantitative estimate of drug-likeness (QED) is 0.854. The van der Waals surface area contributed by atoms with Gasteiger partial charge < -0.3 is 14.8 Å². The molecule has 1 aromatic carbocycles. The van der Waals surface area contributed by atoms with Crippen LogP contribution in [0, 0.1) is 20.8 Å². The molecule has 0 radical (unpaired) electrons. The summed E-state index contributed by atoms with van der Waals surface area (Å²) in [7, 11) is 0. The van der Waals surface area contributed by atoms with Crippen LogP contribution in [-0.4, -0.2) is 28.3 Å². The van der Waals surface area contributed by atoms with Gasteiger partial charge in [-0.1, -0.05) is 6.07 Å². The van der Waals surface area contributed by atoms with Gasteiger partial charge in [-0.05, 0) is 44.0 Å². The first-order chi connectivity index (χ1) is 10.5. The van der Waals surface area contributed by atoms with Crippen molar-refractivity contribution >= 4 is 0 Å². The molecule has 0 bridgehead atoms. The fourth-order valence-electron chi connectivity index (χ4n) is 2.26. The van der Waals surface area contributed by atoms with E-state index in [9.17, 15) is 4.79 Å². The van der Waals surface area contributed by atoms with Gasteiger partial charge in [-0.15, -0.1) is 0 Å². The number of rotatable bonds is 6. The fraction of sp³-hybridized carbons (Fsp3) is 0.412. The first-order valence-electron chi connectivity index (χ1n) is 7.41. The van der Waals surface area contributed by atoms with Gasteiger partial charge in [0, 0.05) is 30.7 Å². The van der Waals surface area contributed by atoms with Crippen LogP contribution >= 0.6 is 0 Å². The van der Waals surface area contributed by atoms with Crippen molar-refractivity contribution < 1.29 is 9.84 Å². The molecule has 0 fully saturated rings. The second-order valence-corrected chi connectivity index (χ2v) is 5.39. The predicted molar refractivity (Wildman–Crippen MR) is 85.5 cm³/mol. The molecule has 0 aliphatic rings. The number of benzene rings is 1. The van der Waals surface area contributed by atoms with E-state index in [0.717, 1.165) is 5.75 Å². The molecule has 0 saturated heterocycles. The van der Waals surface area contributed by atoms with E-state index in [0.29, 0.717) is 36.5 Å². The van der Waals surface area contributed by atoms with Gasteiger partial charge in [-0.25, -0.2) is 4.98 Å². The number of ether oxygens (including phenoxy) is 1. The fourth-order valence-corrected chi connectivity index (χ4v) is 2.26. The summed E-state index contributed by atoms with van der Waals surface area (Å²) in [6.07, 6.45) is 0.857. The Kier molecular flexibility index (Phi) is 5.33. The standard InChI is InChI=1S/C17H22N2O3/c1-11-4-5-14(10-12(11)2)22-9-7-16-18-13(3)15(6-8-20)17(21)19-16/h4-5,10,20H,6-9H2,1-3H3,(H,18,19,21). The Hall–Kier alpha value is -2.14. The van der Waals surface area contributed by atoms with Crippen molar-refractivity contribution in [2.75, 3.05) is 13.2 Å². The summed E-state index contributed by atoms with van der Waals surface area (Å²) in [5.41, 5.74) is 3.45. The largest absolute Gasteiger partial charge is 0.493 e. The zero-order valence-corrected chi connectivity index (χ0v) is 13.3. The lowest BCUT2D eigenvalue weighted by atomic mass is 10.1. The van der Waals surface area contributed by atoms with Gasteiger partial charge in [0.1, 0.15) is 11.6 Å². The topological polar surface area (TPSA) is 75.2 Å². The molecule has 0 saturated carbocycles. The summed E-state index contributed by atoms with van der Waals surface area (Å²) in [5.74, 6) is 1.42. The van der Waals surface area contributed by atoms with Crippen LogP contribution in [0.25, 0.3) is 0 Å². The number of aromatic amines is 1. The highest BCUT2D eigenvalue weighted by molar-refractivity contribution is 5.33. The van der Waals surface area contributed by atoms with Gasteiger partial charge in [-0.3, -0.25) is 4.79 Å². The van der Waals surface area contributed by atoms with Gasteiger partial charge in [0.2, 0.25) is 0 Å². The summed E-state index contributed by atoms with van der Waals surface area (Å²) >= 11 is 0. The van der Waals surface area contributed by atoms with Crippen LogP contribution in [-0.2, 0) is 12.8 Å². The normalized spacial score (nSPS) is 10.7. The van der Waals surface area contributed by atoms with E-state index >= 15 is 0 Å². The van der Waals surface area contributed by atoms with Crippen molar-refractivity contribution in [1.82, 2.24) is 9.97 Å². The molecule has 5 heteroatoms. The van der Waals surface area contributed by atoms with E-state index in [1.165, 1.54) is 11.1 Å². The summed E-state index contributed by atoms with van der Waals surface area (Å²) < 4.78 is 5.70. The maximum Gasteiger partial charge on any atom is 0.254 e. The van der Waals surface area contributed by atoms with Crippen LogP contribution in [0.1, 0.15) is 28.2 Å². The lowest BCUT2D eigenvalue weighted by Gasteiger charge is -2.09. The average Bonchev–Trinajstić information content (AvgIpc) is 2.47. The zero-order valence-electron chi connectivity index (χ0n) is 13.3. The van der Waals surface area contributed by atoms with Crippen LogP contribution in [0.4, 0.5) is 0 Å². The SMILES string of the molecule is Cc1ccc(OCCc2nc(C)c(CCO)c(=O)[nH]2)cc1C. The lowest BCUT2D eigenvalue weighted by Crippen LogP contribution is -2.21. The minimum atomic E-state index is -0.178. The van der Waals surface area contributed by atoms with Crippen molar-refractivity contribution in [1.29, 1.82) is 0 Å². The highest BCUT2D eigenvalue weighted by atomic mass is 16.5. The maximum atomic E-state index is 11.9.